The van der Waals surface area contributed by atoms with Crippen molar-refractivity contribution in [3.05, 3.63) is 52.5 Å². The highest BCUT2D eigenvalue weighted by Gasteiger charge is 2.19. The van der Waals surface area contributed by atoms with Gasteiger partial charge in [-0.25, -0.2) is 14.6 Å². The van der Waals surface area contributed by atoms with Crippen molar-refractivity contribution in [3.8, 4) is 10.6 Å². The van der Waals surface area contributed by atoms with E-state index in [1.165, 1.54) is 0 Å². The molecule has 0 unspecified atom stereocenters. The Balaban J connectivity index is 1.40. The van der Waals surface area contributed by atoms with Crippen molar-refractivity contribution in [2.24, 2.45) is 0 Å². The van der Waals surface area contributed by atoms with Crippen molar-refractivity contribution in [1.82, 2.24) is 25.1 Å². The fourth-order valence-electron chi connectivity index (χ4n) is 2.80. The van der Waals surface area contributed by atoms with Crippen LogP contribution in [0.3, 0.4) is 0 Å². The zero-order chi connectivity index (χ0) is 15.6. The molecule has 2 aromatic heterocycles. The van der Waals surface area contributed by atoms with Crippen LogP contribution in [0.15, 0.2) is 36.0 Å². The average molecular weight is 346 g/mol. The van der Waals surface area contributed by atoms with Crippen LogP contribution in [0.1, 0.15) is 17.9 Å². The van der Waals surface area contributed by atoms with E-state index in [9.17, 15) is 0 Å². The van der Waals surface area contributed by atoms with Crippen molar-refractivity contribution >= 4 is 22.9 Å². The number of thiazole rings is 1. The van der Waals surface area contributed by atoms with Crippen LogP contribution in [0, 0.1) is 0 Å². The quantitative estimate of drug-likeness (QED) is 0.789. The van der Waals surface area contributed by atoms with Gasteiger partial charge in [0.25, 0.3) is 0 Å². The van der Waals surface area contributed by atoms with Crippen LogP contribution in [0.2, 0.25) is 5.02 Å². The van der Waals surface area contributed by atoms with E-state index in [0.717, 1.165) is 53.0 Å². The van der Waals surface area contributed by atoms with E-state index in [4.69, 9.17) is 16.6 Å². The minimum Gasteiger partial charge on any atom is -0.306 e. The summed E-state index contributed by atoms with van der Waals surface area (Å²) in [5.41, 5.74) is 2.05. The van der Waals surface area contributed by atoms with Gasteiger partial charge in [-0.2, -0.15) is 5.10 Å². The van der Waals surface area contributed by atoms with Gasteiger partial charge in [-0.1, -0.05) is 29.8 Å². The van der Waals surface area contributed by atoms with Crippen molar-refractivity contribution in [3.63, 3.8) is 0 Å². The molecule has 1 aromatic carbocycles. The molecular formula is C16H16ClN5S. The van der Waals surface area contributed by atoms with Crippen molar-refractivity contribution < 1.29 is 0 Å². The Labute approximate surface area is 143 Å². The summed E-state index contributed by atoms with van der Waals surface area (Å²) in [6, 6.07) is 8.23. The molecule has 1 N–H and O–H groups in total. The molecule has 3 aromatic rings. The van der Waals surface area contributed by atoms with E-state index < -0.39 is 0 Å². The molecule has 0 amide bonds. The first-order valence-electron chi connectivity index (χ1n) is 7.59. The predicted molar refractivity (Wildman–Crippen MR) is 91.5 cm³/mol. The van der Waals surface area contributed by atoms with E-state index in [1.54, 1.807) is 17.7 Å². The Morgan fingerprint density at radius 3 is 3.17 bits per heavy atom. The molecule has 1 aliphatic rings. The number of halogens is 1. The Morgan fingerprint density at radius 1 is 1.35 bits per heavy atom. The third kappa shape index (κ3) is 3.15. The molecule has 5 nitrogen and oxygen atoms in total. The molecular weight excluding hydrogens is 330 g/mol. The minimum absolute atomic E-state index is 0.412. The van der Waals surface area contributed by atoms with Gasteiger partial charge in [-0.15, -0.1) is 11.3 Å². The smallest absolute Gasteiger partial charge is 0.138 e. The van der Waals surface area contributed by atoms with Gasteiger partial charge in [0.1, 0.15) is 17.2 Å². The molecule has 3 heterocycles. The number of hydrogen-bond acceptors (Lipinski definition) is 5. The lowest BCUT2D eigenvalue weighted by Crippen LogP contribution is -2.37. The minimum atomic E-state index is 0.412. The number of hydrogen-bond donors (Lipinski definition) is 1. The topological polar surface area (TPSA) is 55.6 Å². The van der Waals surface area contributed by atoms with Crippen molar-refractivity contribution in [2.75, 3.05) is 0 Å². The highest BCUT2D eigenvalue weighted by molar-refractivity contribution is 7.13. The SMILES string of the molecule is Clc1ccccc1-c1nc(CN[C@@H]2CCc3ncnn3C2)cs1. The second-order valence-electron chi connectivity index (χ2n) is 5.60. The van der Waals surface area contributed by atoms with Gasteiger partial charge in [0.05, 0.1) is 17.3 Å². The van der Waals surface area contributed by atoms with Gasteiger partial charge in [0.2, 0.25) is 0 Å². The first kappa shape index (κ1) is 14.8. The Morgan fingerprint density at radius 2 is 2.26 bits per heavy atom. The zero-order valence-electron chi connectivity index (χ0n) is 12.4. The maximum atomic E-state index is 6.24. The number of benzene rings is 1. The van der Waals surface area contributed by atoms with Crippen LogP contribution >= 0.6 is 22.9 Å². The summed E-state index contributed by atoms with van der Waals surface area (Å²) in [6.45, 7) is 1.63. The average Bonchev–Trinajstić information content (AvgIpc) is 3.22. The molecule has 0 fully saturated rings. The summed E-state index contributed by atoms with van der Waals surface area (Å²) < 4.78 is 1.98. The van der Waals surface area contributed by atoms with E-state index >= 15 is 0 Å². The predicted octanol–water partition coefficient (Wildman–Crippen LogP) is 3.16. The second kappa shape index (κ2) is 6.39. The number of rotatable bonds is 4. The van der Waals surface area contributed by atoms with Gasteiger partial charge in [0, 0.05) is 30.0 Å². The lowest BCUT2D eigenvalue weighted by molar-refractivity contribution is 0.357. The standard InChI is InChI=1S/C16H16ClN5S/c17-14-4-2-1-3-13(14)16-21-12(9-23-16)7-18-11-5-6-15-19-10-20-22(15)8-11/h1-4,9-11,18H,5-8H2/t11-/m1/s1. The molecule has 0 bridgehead atoms. The number of nitrogens with one attached hydrogen (secondary N) is 1. The molecule has 4 rings (SSSR count). The van der Waals surface area contributed by atoms with Gasteiger partial charge >= 0.3 is 0 Å². The Bertz CT molecular complexity index is 812. The summed E-state index contributed by atoms with van der Waals surface area (Å²) in [6.07, 6.45) is 3.69. The molecule has 1 atom stereocenters. The number of aromatic nitrogens is 4. The van der Waals surface area contributed by atoms with E-state index in [0.29, 0.717) is 6.04 Å². The first-order chi connectivity index (χ1) is 11.3. The van der Waals surface area contributed by atoms with Crippen molar-refractivity contribution in [2.45, 2.75) is 32.0 Å². The molecule has 0 saturated carbocycles. The van der Waals surface area contributed by atoms with Crippen LogP contribution in [0.4, 0.5) is 0 Å². The Kier molecular flexibility index (Phi) is 4.11. The molecule has 7 heteroatoms. The van der Waals surface area contributed by atoms with Crippen LogP contribution in [0.5, 0.6) is 0 Å². The summed E-state index contributed by atoms with van der Waals surface area (Å²) >= 11 is 7.87. The Hall–Kier alpha value is -1.76. The molecule has 0 saturated heterocycles. The zero-order valence-corrected chi connectivity index (χ0v) is 14.0. The second-order valence-corrected chi connectivity index (χ2v) is 6.86. The summed E-state index contributed by atoms with van der Waals surface area (Å²) in [4.78, 5) is 8.95. The van der Waals surface area contributed by atoms with Crippen LogP contribution in [-0.2, 0) is 19.5 Å². The lowest BCUT2D eigenvalue weighted by atomic mass is 10.1. The lowest BCUT2D eigenvalue weighted by Gasteiger charge is -2.23. The largest absolute Gasteiger partial charge is 0.306 e. The van der Waals surface area contributed by atoms with E-state index in [1.807, 2.05) is 28.9 Å². The number of fused-ring (bicyclic) bond motifs is 1. The highest BCUT2D eigenvalue weighted by atomic mass is 35.5. The van der Waals surface area contributed by atoms with Crippen LogP contribution in [0.25, 0.3) is 10.6 Å². The fraction of sp³-hybridized carbons (Fsp3) is 0.312. The molecule has 118 valence electrons. The molecule has 0 radical (unpaired) electrons. The number of aryl methyl sites for hydroxylation is 1. The van der Waals surface area contributed by atoms with Crippen LogP contribution in [-0.4, -0.2) is 25.8 Å². The third-order valence-corrected chi connectivity index (χ3v) is 5.29. The highest BCUT2D eigenvalue weighted by Crippen LogP contribution is 2.30. The maximum absolute atomic E-state index is 6.24. The summed E-state index contributed by atoms with van der Waals surface area (Å²) in [5.74, 6) is 1.08. The first-order valence-corrected chi connectivity index (χ1v) is 8.85. The molecule has 0 aliphatic carbocycles. The normalized spacial score (nSPS) is 17.2. The van der Waals surface area contributed by atoms with Gasteiger partial charge < -0.3 is 5.32 Å². The molecule has 1 aliphatic heterocycles. The van der Waals surface area contributed by atoms with Gasteiger partial charge in [-0.3, -0.25) is 0 Å². The number of nitrogens with zero attached hydrogens (tertiary/aromatic N) is 4. The summed E-state index contributed by atoms with van der Waals surface area (Å²) in [7, 11) is 0. The summed E-state index contributed by atoms with van der Waals surface area (Å²) in [5, 5.41) is 11.6. The van der Waals surface area contributed by atoms with Crippen LogP contribution < -0.4 is 5.32 Å². The maximum Gasteiger partial charge on any atom is 0.138 e. The molecule has 0 spiro atoms. The van der Waals surface area contributed by atoms with Gasteiger partial charge in [-0.05, 0) is 12.5 Å². The van der Waals surface area contributed by atoms with E-state index in [-0.39, 0.29) is 0 Å². The monoisotopic (exact) mass is 345 g/mol. The fourth-order valence-corrected chi connectivity index (χ4v) is 3.94. The third-order valence-electron chi connectivity index (χ3n) is 4.03. The molecule has 23 heavy (non-hydrogen) atoms. The van der Waals surface area contributed by atoms with Crippen molar-refractivity contribution in [1.29, 1.82) is 0 Å². The van der Waals surface area contributed by atoms with Gasteiger partial charge in [0.15, 0.2) is 0 Å². The van der Waals surface area contributed by atoms with E-state index in [2.05, 4.69) is 20.8 Å².